The van der Waals surface area contributed by atoms with Crippen molar-refractivity contribution in [3.8, 4) is 16.3 Å². The van der Waals surface area contributed by atoms with Gasteiger partial charge in [0.1, 0.15) is 16.3 Å². The number of fused-ring (bicyclic) bond motifs is 2. The van der Waals surface area contributed by atoms with Crippen LogP contribution >= 0.6 is 27.3 Å². The Hall–Kier alpha value is -3.29. The summed E-state index contributed by atoms with van der Waals surface area (Å²) in [4.78, 5) is 29.4. The number of carbonyl (C=O) groups is 1. The summed E-state index contributed by atoms with van der Waals surface area (Å²) in [6.45, 7) is 0. The summed E-state index contributed by atoms with van der Waals surface area (Å²) in [6, 6.07) is 21.3. The third-order valence-corrected chi connectivity index (χ3v) is 6.12. The highest BCUT2D eigenvalue weighted by molar-refractivity contribution is 9.10. The maximum Gasteiger partial charge on any atom is 0.346 e. The Morgan fingerprint density at radius 3 is 2.60 bits per heavy atom. The maximum atomic E-state index is 12.6. The van der Waals surface area contributed by atoms with Gasteiger partial charge < -0.3 is 9.15 Å². The van der Waals surface area contributed by atoms with Gasteiger partial charge in [-0.25, -0.2) is 14.6 Å². The minimum absolute atomic E-state index is 0.298. The van der Waals surface area contributed by atoms with Crippen LogP contribution in [0.3, 0.4) is 0 Å². The molecule has 0 aliphatic carbocycles. The molecule has 0 fully saturated rings. The lowest BCUT2D eigenvalue weighted by Crippen LogP contribution is -2.08. The van der Waals surface area contributed by atoms with E-state index in [0.29, 0.717) is 32.9 Å². The molecule has 3 aromatic carbocycles. The van der Waals surface area contributed by atoms with E-state index in [0.717, 1.165) is 14.7 Å². The summed E-state index contributed by atoms with van der Waals surface area (Å²) >= 11 is 4.77. The number of para-hydroxylation sites is 1. The monoisotopic (exact) mass is 477 g/mol. The second-order valence-corrected chi connectivity index (χ2v) is 8.48. The van der Waals surface area contributed by atoms with Gasteiger partial charge in [-0.15, -0.1) is 11.3 Å². The topological polar surface area (TPSA) is 69.4 Å². The van der Waals surface area contributed by atoms with E-state index >= 15 is 0 Å². The lowest BCUT2D eigenvalue weighted by Gasteiger charge is -2.06. The molecule has 5 aromatic rings. The second kappa shape index (κ2) is 7.51. The van der Waals surface area contributed by atoms with Crippen molar-refractivity contribution in [1.82, 2.24) is 4.98 Å². The minimum atomic E-state index is -0.490. The van der Waals surface area contributed by atoms with Crippen LogP contribution in [0.15, 0.2) is 86.5 Å². The average molecular weight is 478 g/mol. The van der Waals surface area contributed by atoms with Crippen LogP contribution < -0.4 is 10.4 Å². The highest BCUT2D eigenvalue weighted by atomic mass is 79.9. The van der Waals surface area contributed by atoms with Gasteiger partial charge in [-0.1, -0.05) is 28.1 Å². The molecule has 2 heterocycles. The predicted octanol–water partition coefficient (Wildman–Crippen LogP) is 6.05. The fourth-order valence-electron chi connectivity index (χ4n) is 3.04. The fourth-order valence-corrected chi connectivity index (χ4v) is 4.28. The standard InChI is InChI=1S/C23H12BrNO4S/c24-15-8-5-13(6-9-15)22(26)28-16-10-7-14-11-17(23(27)29-19(14)12-16)21-25-18-3-1-2-4-20(18)30-21/h1-12H. The number of ether oxygens (including phenoxy) is 1. The molecule has 5 rings (SSSR count). The van der Waals surface area contributed by atoms with Crippen molar-refractivity contribution in [3.05, 3.63) is 93.3 Å². The minimum Gasteiger partial charge on any atom is -0.423 e. The Balaban J connectivity index is 1.48. The summed E-state index contributed by atoms with van der Waals surface area (Å²) < 4.78 is 12.8. The van der Waals surface area contributed by atoms with Gasteiger partial charge in [0.2, 0.25) is 0 Å². The zero-order chi connectivity index (χ0) is 20.7. The third-order valence-electron chi connectivity index (χ3n) is 4.52. The van der Waals surface area contributed by atoms with Gasteiger partial charge in [0, 0.05) is 15.9 Å². The van der Waals surface area contributed by atoms with Crippen LogP contribution in [0.4, 0.5) is 0 Å². The first kappa shape index (κ1) is 18.7. The lowest BCUT2D eigenvalue weighted by atomic mass is 10.2. The van der Waals surface area contributed by atoms with Crippen molar-refractivity contribution in [2.45, 2.75) is 0 Å². The second-order valence-electron chi connectivity index (χ2n) is 6.53. The summed E-state index contributed by atoms with van der Waals surface area (Å²) in [6.07, 6.45) is 0. The maximum absolute atomic E-state index is 12.6. The van der Waals surface area contributed by atoms with E-state index in [4.69, 9.17) is 9.15 Å². The molecule has 0 saturated carbocycles. The normalized spacial score (nSPS) is 11.1. The Morgan fingerprint density at radius 2 is 1.80 bits per heavy atom. The van der Waals surface area contributed by atoms with Gasteiger partial charge in [0.25, 0.3) is 0 Å². The summed E-state index contributed by atoms with van der Waals surface area (Å²) in [5.74, 6) is -0.193. The quantitative estimate of drug-likeness (QED) is 0.179. The van der Waals surface area contributed by atoms with E-state index in [-0.39, 0.29) is 0 Å². The molecule has 0 aliphatic rings. The Bertz CT molecular complexity index is 1440. The van der Waals surface area contributed by atoms with E-state index in [2.05, 4.69) is 20.9 Å². The van der Waals surface area contributed by atoms with Crippen LogP contribution in [0, 0.1) is 0 Å². The summed E-state index contributed by atoms with van der Waals surface area (Å²) in [5, 5.41) is 1.32. The van der Waals surface area contributed by atoms with Crippen LogP contribution in [0.25, 0.3) is 31.8 Å². The SMILES string of the molecule is O=C(Oc1ccc2cc(-c3nc4ccccc4s3)c(=O)oc2c1)c1ccc(Br)cc1. The van der Waals surface area contributed by atoms with Crippen LogP contribution in [0.1, 0.15) is 10.4 Å². The number of thiazole rings is 1. The molecule has 146 valence electrons. The number of nitrogens with zero attached hydrogens (tertiary/aromatic N) is 1. The molecule has 0 radical (unpaired) electrons. The number of hydrogen-bond donors (Lipinski definition) is 0. The van der Waals surface area contributed by atoms with E-state index < -0.39 is 11.6 Å². The zero-order valence-corrected chi connectivity index (χ0v) is 17.7. The Morgan fingerprint density at radius 1 is 1.00 bits per heavy atom. The van der Waals surface area contributed by atoms with E-state index in [1.807, 2.05) is 24.3 Å². The molecule has 0 bridgehead atoms. The number of hydrogen-bond acceptors (Lipinski definition) is 6. The van der Waals surface area contributed by atoms with Crippen molar-refractivity contribution < 1.29 is 13.9 Å². The first-order valence-electron chi connectivity index (χ1n) is 8.98. The largest absolute Gasteiger partial charge is 0.423 e. The summed E-state index contributed by atoms with van der Waals surface area (Å²) in [5.41, 5.74) is 1.52. The predicted molar refractivity (Wildman–Crippen MR) is 120 cm³/mol. The molecule has 0 aliphatic heterocycles. The van der Waals surface area contributed by atoms with Crippen molar-refractivity contribution in [2.75, 3.05) is 0 Å². The number of carbonyl (C=O) groups excluding carboxylic acids is 1. The molecule has 0 N–H and O–H groups in total. The number of benzene rings is 3. The van der Waals surface area contributed by atoms with E-state index in [1.165, 1.54) is 17.4 Å². The van der Waals surface area contributed by atoms with E-state index in [1.54, 1.807) is 42.5 Å². The van der Waals surface area contributed by atoms with Gasteiger partial charge in [-0.2, -0.15) is 0 Å². The molecule has 30 heavy (non-hydrogen) atoms. The number of halogens is 1. The number of esters is 1. The smallest absolute Gasteiger partial charge is 0.346 e. The van der Waals surface area contributed by atoms with Gasteiger partial charge >= 0.3 is 11.6 Å². The number of aromatic nitrogens is 1. The zero-order valence-electron chi connectivity index (χ0n) is 15.3. The molecule has 5 nitrogen and oxygen atoms in total. The van der Waals surface area contributed by atoms with Crippen LogP contribution in [-0.4, -0.2) is 11.0 Å². The molecule has 0 unspecified atom stereocenters. The molecule has 0 saturated heterocycles. The lowest BCUT2D eigenvalue weighted by molar-refractivity contribution is 0.0735. The van der Waals surface area contributed by atoms with Crippen molar-refractivity contribution in [2.24, 2.45) is 0 Å². The molecule has 7 heteroatoms. The molecular formula is C23H12BrNO4S. The third kappa shape index (κ3) is 3.53. The Labute approximate surface area is 182 Å². The Kier molecular flexibility index (Phi) is 4.69. The molecule has 2 aromatic heterocycles. The highest BCUT2D eigenvalue weighted by Gasteiger charge is 2.14. The first-order chi connectivity index (χ1) is 14.6. The average Bonchev–Trinajstić information content (AvgIpc) is 3.17. The number of rotatable bonds is 3. The van der Waals surface area contributed by atoms with Crippen molar-refractivity contribution in [1.29, 1.82) is 0 Å². The molecule has 0 atom stereocenters. The van der Waals surface area contributed by atoms with E-state index in [9.17, 15) is 9.59 Å². The van der Waals surface area contributed by atoms with Gasteiger partial charge in [0.05, 0.1) is 21.3 Å². The molecular weight excluding hydrogens is 466 g/mol. The molecule has 0 amide bonds. The van der Waals surface area contributed by atoms with Crippen LogP contribution in [0.2, 0.25) is 0 Å². The highest BCUT2D eigenvalue weighted by Crippen LogP contribution is 2.30. The van der Waals surface area contributed by atoms with Gasteiger partial charge in [-0.3, -0.25) is 0 Å². The van der Waals surface area contributed by atoms with Gasteiger partial charge in [-0.05, 0) is 54.6 Å². The first-order valence-corrected chi connectivity index (χ1v) is 10.6. The van der Waals surface area contributed by atoms with Crippen LogP contribution in [-0.2, 0) is 0 Å². The van der Waals surface area contributed by atoms with Crippen molar-refractivity contribution >= 4 is 54.4 Å². The fraction of sp³-hybridized carbons (Fsp3) is 0. The van der Waals surface area contributed by atoms with Gasteiger partial charge in [0.15, 0.2) is 0 Å². The summed E-state index contributed by atoms with van der Waals surface area (Å²) in [7, 11) is 0. The van der Waals surface area contributed by atoms with Crippen LogP contribution in [0.5, 0.6) is 5.75 Å². The molecule has 0 spiro atoms. The van der Waals surface area contributed by atoms with Crippen molar-refractivity contribution in [3.63, 3.8) is 0 Å².